The molecule has 1 amide bonds. The molecule has 3 N–H and O–H groups in total. The first kappa shape index (κ1) is 13.6. The van der Waals surface area contributed by atoms with Crippen LogP contribution in [0.3, 0.4) is 0 Å². The van der Waals surface area contributed by atoms with Crippen LogP contribution in [0.15, 0.2) is 18.2 Å². The molecule has 2 rings (SSSR count). The summed E-state index contributed by atoms with van der Waals surface area (Å²) in [6.45, 7) is 1.51. The summed E-state index contributed by atoms with van der Waals surface area (Å²) in [5.41, 5.74) is 3.18. The van der Waals surface area contributed by atoms with E-state index in [-0.39, 0.29) is 11.9 Å². The maximum absolute atomic E-state index is 11.6. The van der Waals surface area contributed by atoms with Crippen molar-refractivity contribution < 1.29 is 4.79 Å². The van der Waals surface area contributed by atoms with Gasteiger partial charge in [0.1, 0.15) is 0 Å². The largest absolute Gasteiger partial charge is 0.293 e. The number of nitrogens with zero attached hydrogens (tertiary/aromatic N) is 1. The number of nitrogens with one attached hydrogen (secondary N) is 1. The van der Waals surface area contributed by atoms with Gasteiger partial charge in [-0.15, -0.1) is 0 Å². The number of amides is 1. The predicted octanol–water partition coefficient (Wildman–Crippen LogP) is 1.95. The average Bonchev–Trinajstić information content (AvgIpc) is 2.80. The molecule has 6 heteroatoms. The first-order valence-corrected chi connectivity index (χ1v) is 6.56. The molecular formula is C12H15Cl2N3O. The SMILES string of the molecule is NNC(=O)[C@@H]1CCCN1Cc1ccc(Cl)cc1Cl. The van der Waals surface area contributed by atoms with Gasteiger partial charge in [0.05, 0.1) is 6.04 Å². The zero-order valence-electron chi connectivity index (χ0n) is 9.83. The fraction of sp³-hybridized carbons (Fsp3) is 0.417. The molecule has 18 heavy (non-hydrogen) atoms. The Labute approximate surface area is 116 Å². The second-order valence-electron chi connectivity index (χ2n) is 4.37. The van der Waals surface area contributed by atoms with Gasteiger partial charge < -0.3 is 0 Å². The van der Waals surface area contributed by atoms with Crippen molar-refractivity contribution in [3.05, 3.63) is 33.8 Å². The Kier molecular flexibility index (Phi) is 4.45. The van der Waals surface area contributed by atoms with Crippen LogP contribution < -0.4 is 11.3 Å². The van der Waals surface area contributed by atoms with Crippen molar-refractivity contribution in [3.8, 4) is 0 Å². The fourth-order valence-electron chi connectivity index (χ4n) is 2.28. The third kappa shape index (κ3) is 2.95. The third-order valence-electron chi connectivity index (χ3n) is 3.20. The first-order valence-electron chi connectivity index (χ1n) is 5.80. The molecule has 1 heterocycles. The first-order chi connectivity index (χ1) is 8.61. The number of nitrogens with two attached hydrogens (primary N) is 1. The zero-order valence-corrected chi connectivity index (χ0v) is 11.3. The highest BCUT2D eigenvalue weighted by Gasteiger charge is 2.30. The van der Waals surface area contributed by atoms with E-state index in [0.29, 0.717) is 16.6 Å². The molecule has 0 spiro atoms. The standard InChI is InChI=1S/C12H15Cl2N3O/c13-9-4-3-8(10(14)6-9)7-17-5-1-2-11(17)12(18)16-15/h3-4,6,11H,1-2,5,7,15H2,(H,16,18)/t11-/m0/s1. The summed E-state index contributed by atoms with van der Waals surface area (Å²) in [6, 6.07) is 5.24. The number of hydrazine groups is 1. The molecule has 98 valence electrons. The summed E-state index contributed by atoms with van der Waals surface area (Å²) in [4.78, 5) is 13.7. The molecule has 1 aromatic rings. The van der Waals surface area contributed by atoms with Crippen molar-refractivity contribution in [2.45, 2.75) is 25.4 Å². The Morgan fingerprint density at radius 1 is 1.50 bits per heavy atom. The molecule has 1 aliphatic rings. The third-order valence-corrected chi connectivity index (χ3v) is 3.78. The summed E-state index contributed by atoms with van der Waals surface area (Å²) >= 11 is 12.0. The predicted molar refractivity (Wildman–Crippen MR) is 72.2 cm³/mol. The fourth-order valence-corrected chi connectivity index (χ4v) is 2.75. The lowest BCUT2D eigenvalue weighted by Crippen LogP contribution is -2.45. The molecule has 1 atom stereocenters. The van der Waals surface area contributed by atoms with Crippen molar-refractivity contribution in [2.75, 3.05) is 6.54 Å². The van der Waals surface area contributed by atoms with Crippen LogP contribution in [-0.4, -0.2) is 23.4 Å². The van der Waals surface area contributed by atoms with E-state index in [1.54, 1.807) is 12.1 Å². The molecule has 0 aliphatic carbocycles. The van der Waals surface area contributed by atoms with Crippen LogP contribution in [0.5, 0.6) is 0 Å². The van der Waals surface area contributed by atoms with Crippen LogP contribution in [0, 0.1) is 0 Å². The van der Waals surface area contributed by atoms with Crippen molar-refractivity contribution in [1.82, 2.24) is 10.3 Å². The van der Waals surface area contributed by atoms with Gasteiger partial charge in [-0.05, 0) is 37.1 Å². The van der Waals surface area contributed by atoms with E-state index in [0.717, 1.165) is 24.9 Å². The van der Waals surface area contributed by atoms with Gasteiger partial charge >= 0.3 is 0 Å². The average molecular weight is 288 g/mol. The number of benzene rings is 1. The lowest BCUT2D eigenvalue weighted by atomic mass is 10.1. The number of hydrogen-bond donors (Lipinski definition) is 2. The molecule has 1 fully saturated rings. The van der Waals surface area contributed by atoms with Gasteiger partial charge in [-0.3, -0.25) is 15.1 Å². The normalized spacial score (nSPS) is 20.1. The molecule has 1 saturated heterocycles. The van der Waals surface area contributed by atoms with Crippen LogP contribution in [0.25, 0.3) is 0 Å². The Hall–Kier alpha value is -0.810. The van der Waals surface area contributed by atoms with Gasteiger partial charge in [0.15, 0.2) is 0 Å². The Morgan fingerprint density at radius 3 is 2.94 bits per heavy atom. The monoisotopic (exact) mass is 287 g/mol. The van der Waals surface area contributed by atoms with Crippen molar-refractivity contribution in [1.29, 1.82) is 0 Å². The minimum absolute atomic E-state index is 0.141. The minimum atomic E-state index is -0.165. The number of halogens is 2. The van der Waals surface area contributed by atoms with Crippen LogP contribution in [-0.2, 0) is 11.3 Å². The number of carbonyl (C=O) groups excluding carboxylic acids is 1. The van der Waals surface area contributed by atoms with Crippen molar-refractivity contribution >= 4 is 29.1 Å². The van der Waals surface area contributed by atoms with Crippen molar-refractivity contribution in [2.24, 2.45) is 5.84 Å². The summed E-state index contributed by atoms with van der Waals surface area (Å²) in [5, 5.41) is 1.24. The van der Waals surface area contributed by atoms with Gasteiger partial charge in [-0.25, -0.2) is 5.84 Å². The smallest absolute Gasteiger partial charge is 0.251 e. The highest BCUT2D eigenvalue weighted by atomic mass is 35.5. The molecule has 0 aromatic heterocycles. The topological polar surface area (TPSA) is 58.4 Å². The molecule has 0 bridgehead atoms. The number of carbonyl (C=O) groups is 1. The van der Waals surface area contributed by atoms with Crippen LogP contribution in [0.2, 0.25) is 10.0 Å². The van der Waals surface area contributed by atoms with E-state index in [9.17, 15) is 4.79 Å². The Morgan fingerprint density at radius 2 is 2.28 bits per heavy atom. The van der Waals surface area contributed by atoms with E-state index in [2.05, 4.69) is 10.3 Å². The van der Waals surface area contributed by atoms with Crippen LogP contribution >= 0.6 is 23.2 Å². The minimum Gasteiger partial charge on any atom is -0.293 e. The van der Waals surface area contributed by atoms with Crippen LogP contribution in [0.1, 0.15) is 18.4 Å². The Balaban J connectivity index is 2.10. The highest BCUT2D eigenvalue weighted by Crippen LogP contribution is 2.26. The van der Waals surface area contributed by atoms with Gasteiger partial charge in [0.2, 0.25) is 0 Å². The maximum atomic E-state index is 11.6. The molecular weight excluding hydrogens is 273 g/mol. The van der Waals surface area contributed by atoms with Crippen molar-refractivity contribution in [3.63, 3.8) is 0 Å². The van der Waals surface area contributed by atoms with E-state index >= 15 is 0 Å². The molecule has 1 aromatic carbocycles. The summed E-state index contributed by atoms with van der Waals surface area (Å²) in [7, 11) is 0. The summed E-state index contributed by atoms with van der Waals surface area (Å²) < 4.78 is 0. The lowest BCUT2D eigenvalue weighted by Gasteiger charge is -2.23. The highest BCUT2D eigenvalue weighted by molar-refractivity contribution is 6.35. The lowest BCUT2D eigenvalue weighted by molar-refractivity contribution is -0.125. The Bertz CT molecular complexity index is 453. The maximum Gasteiger partial charge on any atom is 0.251 e. The van der Waals surface area contributed by atoms with Crippen LogP contribution in [0.4, 0.5) is 0 Å². The second-order valence-corrected chi connectivity index (χ2v) is 5.22. The number of hydrogen-bond acceptors (Lipinski definition) is 3. The van der Waals surface area contributed by atoms with E-state index in [4.69, 9.17) is 29.0 Å². The van der Waals surface area contributed by atoms with E-state index in [1.807, 2.05) is 6.07 Å². The molecule has 0 radical (unpaired) electrons. The van der Waals surface area contributed by atoms with Gasteiger partial charge in [0.25, 0.3) is 5.91 Å². The van der Waals surface area contributed by atoms with E-state index in [1.165, 1.54) is 0 Å². The summed E-state index contributed by atoms with van der Waals surface area (Å²) in [6.07, 6.45) is 1.82. The van der Waals surface area contributed by atoms with E-state index < -0.39 is 0 Å². The van der Waals surface area contributed by atoms with Gasteiger partial charge in [0, 0.05) is 16.6 Å². The van der Waals surface area contributed by atoms with Gasteiger partial charge in [-0.1, -0.05) is 29.3 Å². The van der Waals surface area contributed by atoms with Gasteiger partial charge in [-0.2, -0.15) is 0 Å². The number of rotatable bonds is 3. The molecule has 1 aliphatic heterocycles. The molecule has 4 nitrogen and oxygen atoms in total. The molecule has 0 saturated carbocycles. The zero-order chi connectivity index (χ0) is 13.1. The quantitative estimate of drug-likeness (QED) is 0.508. The second kappa shape index (κ2) is 5.89. The number of likely N-dealkylation sites (tertiary alicyclic amines) is 1. The summed E-state index contributed by atoms with van der Waals surface area (Å²) in [5.74, 6) is 5.05. The molecule has 0 unspecified atom stereocenters.